The van der Waals surface area contributed by atoms with Crippen LogP contribution in [0.4, 0.5) is 0 Å². The number of carbonyl (C=O) groups is 2. The van der Waals surface area contributed by atoms with Crippen molar-refractivity contribution in [2.75, 3.05) is 0 Å². The number of hydrogen-bond acceptors (Lipinski definition) is 3. The summed E-state index contributed by atoms with van der Waals surface area (Å²) < 4.78 is 5.36. The van der Waals surface area contributed by atoms with Crippen molar-refractivity contribution in [3.05, 3.63) is 58.0 Å². The van der Waals surface area contributed by atoms with E-state index in [1.165, 1.54) is 0 Å². The molecule has 0 bridgehead atoms. The largest absolute Gasteiger partial charge is 0.466 e. The van der Waals surface area contributed by atoms with Crippen LogP contribution in [-0.4, -0.2) is 11.8 Å². The topological polar surface area (TPSA) is 71.3 Å². The molecule has 116 valence electrons. The van der Waals surface area contributed by atoms with Gasteiger partial charge in [-0.1, -0.05) is 23.7 Å². The standard InChI is InChI=1S/C16H17ClN2O3/c1-10-7-13(11(2)22-10)9-19-16(21)15(20)18-8-12-3-5-14(17)6-4-12/h3-7H,8-9H2,1-2H3,(H,18,20)(H,19,21). The summed E-state index contributed by atoms with van der Waals surface area (Å²) in [5.74, 6) is 0.161. The second-order valence-electron chi connectivity index (χ2n) is 4.93. The van der Waals surface area contributed by atoms with Gasteiger partial charge in [0.05, 0.1) is 0 Å². The van der Waals surface area contributed by atoms with Gasteiger partial charge in [0.25, 0.3) is 0 Å². The molecule has 0 atom stereocenters. The molecule has 6 heteroatoms. The molecule has 2 rings (SSSR count). The van der Waals surface area contributed by atoms with Crippen LogP contribution in [0.3, 0.4) is 0 Å². The SMILES string of the molecule is Cc1cc(CNC(=O)C(=O)NCc2ccc(Cl)cc2)c(C)o1. The normalized spacial score (nSPS) is 10.3. The van der Waals surface area contributed by atoms with Crippen molar-refractivity contribution < 1.29 is 14.0 Å². The molecule has 0 aliphatic heterocycles. The lowest BCUT2D eigenvalue weighted by Gasteiger charge is -2.06. The van der Waals surface area contributed by atoms with Crippen molar-refractivity contribution in [1.82, 2.24) is 10.6 Å². The van der Waals surface area contributed by atoms with Crippen molar-refractivity contribution >= 4 is 23.4 Å². The van der Waals surface area contributed by atoms with Gasteiger partial charge in [0.2, 0.25) is 0 Å². The number of hydrogen-bond donors (Lipinski definition) is 2. The molecule has 0 unspecified atom stereocenters. The lowest BCUT2D eigenvalue weighted by Crippen LogP contribution is -2.39. The van der Waals surface area contributed by atoms with E-state index < -0.39 is 11.8 Å². The Morgan fingerprint density at radius 2 is 1.64 bits per heavy atom. The van der Waals surface area contributed by atoms with Gasteiger partial charge < -0.3 is 15.1 Å². The van der Waals surface area contributed by atoms with E-state index in [9.17, 15) is 9.59 Å². The van der Waals surface area contributed by atoms with Gasteiger partial charge in [-0.3, -0.25) is 9.59 Å². The van der Waals surface area contributed by atoms with Gasteiger partial charge in [0.15, 0.2) is 0 Å². The van der Waals surface area contributed by atoms with Gasteiger partial charge in [-0.15, -0.1) is 0 Å². The molecule has 1 heterocycles. The Labute approximate surface area is 133 Å². The molecule has 2 N–H and O–H groups in total. The number of nitrogens with one attached hydrogen (secondary N) is 2. The Bertz CT molecular complexity index is 677. The number of halogens is 1. The minimum absolute atomic E-state index is 0.260. The third-order valence-corrected chi connectivity index (χ3v) is 3.41. The van der Waals surface area contributed by atoms with Crippen LogP contribution in [0.5, 0.6) is 0 Å². The zero-order valence-corrected chi connectivity index (χ0v) is 13.2. The average molecular weight is 321 g/mol. The Hall–Kier alpha value is -2.27. The van der Waals surface area contributed by atoms with Crippen molar-refractivity contribution in [2.45, 2.75) is 26.9 Å². The summed E-state index contributed by atoms with van der Waals surface area (Å²) in [6, 6.07) is 8.87. The van der Waals surface area contributed by atoms with Crippen LogP contribution in [0.1, 0.15) is 22.6 Å². The maximum atomic E-state index is 11.7. The van der Waals surface area contributed by atoms with Crippen LogP contribution in [0.15, 0.2) is 34.7 Å². The average Bonchev–Trinajstić information content (AvgIpc) is 2.81. The highest BCUT2D eigenvalue weighted by atomic mass is 35.5. The molecular weight excluding hydrogens is 304 g/mol. The van der Waals surface area contributed by atoms with Crippen LogP contribution in [0.25, 0.3) is 0 Å². The Morgan fingerprint density at radius 1 is 1.05 bits per heavy atom. The smallest absolute Gasteiger partial charge is 0.309 e. The van der Waals surface area contributed by atoms with Crippen molar-refractivity contribution in [3.63, 3.8) is 0 Å². The third-order valence-electron chi connectivity index (χ3n) is 3.16. The van der Waals surface area contributed by atoms with Gasteiger partial charge in [0.1, 0.15) is 11.5 Å². The predicted molar refractivity (Wildman–Crippen MR) is 83.3 cm³/mol. The summed E-state index contributed by atoms with van der Waals surface area (Å²) in [5.41, 5.74) is 1.73. The van der Waals surface area contributed by atoms with Crippen molar-refractivity contribution in [1.29, 1.82) is 0 Å². The third kappa shape index (κ3) is 4.36. The monoisotopic (exact) mass is 320 g/mol. The Balaban J connectivity index is 1.80. The van der Waals surface area contributed by atoms with Crippen molar-refractivity contribution in [3.8, 4) is 0 Å². The van der Waals surface area contributed by atoms with Crippen molar-refractivity contribution in [2.24, 2.45) is 0 Å². The van der Waals surface area contributed by atoms with Crippen LogP contribution in [0.2, 0.25) is 5.02 Å². The summed E-state index contributed by atoms with van der Waals surface area (Å²) in [6.07, 6.45) is 0. The van der Waals surface area contributed by atoms with E-state index in [2.05, 4.69) is 10.6 Å². The highest BCUT2D eigenvalue weighted by Crippen LogP contribution is 2.13. The van der Waals surface area contributed by atoms with E-state index in [4.69, 9.17) is 16.0 Å². The summed E-state index contributed by atoms with van der Waals surface area (Å²) in [4.78, 5) is 23.5. The molecular formula is C16H17ClN2O3. The number of rotatable bonds is 4. The first-order chi connectivity index (χ1) is 10.5. The molecule has 0 radical (unpaired) electrons. The lowest BCUT2D eigenvalue weighted by atomic mass is 10.2. The molecule has 22 heavy (non-hydrogen) atoms. The fraction of sp³-hybridized carbons (Fsp3) is 0.250. The summed E-state index contributed by atoms with van der Waals surface area (Å²) >= 11 is 5.78. The maximum Gasteiger partial charge on any atom is 0.309 e. The van der Waals surface area contributed by atoms with Gasteiger partial charge in [-0.2, -0.15) is 0 Å². The minimum atomic E-state index is -0.674. The Morgan fingerprint density at radius 3 is 2.18 bits per heavy atom. The van der Waals surface area contributed by atoms with Crippen LogP contribution >= 0.6 is 11.6 Å². The predicted octanol–water partition coefficient (Wildman–Crippen LogP) is 2.48. The molecule has 2 aromatic rings. The number of aryl methyl sites for hydroxylation is 2. The molecule has 2 amide bonds. The van der Waals surface area contributed by atoms with Crippen LogP contribution in [-0.2, 0) is 22.7 Å². The van der Waals surface area contributed by atoms with E-state index in [1.807, 2.05) is 19.9 Å². The highest BCUT2D eigenvalue weighted by Gasteiger charge is 2.14. The minimum Gasteiger partial charge on any atom is -0.466 e. The van der Waals surface area contributed by atoms with Gasteiger partial charge in [-0.05, 0) is 37.6 Å². The first-order valence-corrected chi connectivity index (χ1v) is 7.20. The van der Waals surface area contributed by atoms with E-state index in [0.717, 1.165) is 22.6 Å². The number of benzene rings is 1. The highest BCUT2D eigenvalue weighted by molar-refractivity contribution is 6.35. The van der Waals surface area contributed by atoms with Gasteiger partial charge in [0, 0.05) is 23.7 Å². The quantitative estimate of drug-likeness (QED) is 0.850. The number of amides is 2. The number of furan rings is 1. The second-order valence-corrected chi connectivity index (χ2v) is 5.37. The van der Waals surface area contributed by atoms with Crippen LogP contribution in [0, 0.1) is 13.8 Å². The van der Waals surface area contributed by atoms with E-state index in [0.29, 0.717) is 5.02 Å². The summed E-state index contributed by atoms with van der Waals surface area (Å²) in [7, 11) is 0. The van der Waals surface area contributed by atoms with Crippen LogP contribution < -0.4 is 10.6 Å². The fourth-order valence-electron chi connectivity index (χ4n) is 1.98. The number of carbonyl (C=O) groups excluding carboxylic acids is 2. The molecule has 0 spiro atoms. The zero-order chi connectivity index (χ0) is 16.1. The first kappa shape index (κ1) is 16.1. The van der Waals surface area contributed by atoms with E-state index >= 15 is 0 Å². The molecule has 0 saturated heterocycles. The fourth-order valence-corrected chi connectivity index (χ4v) is 2.11. The molecule has 1 aromatic carbocycles. The summed E-state index contributed by atoms with van der Waals surface area (Å²) in [6.45, 7) is 4.18. The molecule has 1 aromatic heterocycles. The second kappa shape index (κ2) is 7.13. The molecule has 0 fully saturated rings. The van der Waals surface area contributed by atoms with Gasteiger partial charge in [-0.25, -0.2) is 0 Å². The molecule has 0 aliphatic rings. The lowest BCUT2D eigenvalue weighted by molar-refractivity contribution is -0.139. The molecule has 5 nitrogen and oxygen atoms in total. The molecule has 0 saturated carbocycles. The van der Waals surface area contributed by atoms with Gasteiger partial charge >= 0.3 is 11.8 Å². The van der Waals surface area contributed by atoms with E-state index in [-0.39, 0.29) is 13.1 Å². The molecule has 0 aliphatic carbocycles. The maximum absolute atomic E-state index is 11.7. The first-order valence-electron chi connectivity index (χ1n) is 6.82. The summed E-state index contributed by atoms with van der Waals surface area (Å²) in [5, 5.41) is 5.75. The Kier molecular flexibility index (Phi) is 5.22. The van der Waals surface area contributed by atoms with E-state index in [1.54, 1.807) is 24.3 Å². The zero-order valence-electron chi connectivity index (χ0n) is 12.4.